The lowest BCUT2D eigenvalue weighted by Gasteiger charge is -2.21. The van der Waals surface area contributed by atoms with Crippen molar-refractivity contribution in [2.75, 3.05) is 17.7 Å². The molecule has 4 rings (SSSR count). The van der Waals surface area contributed by atoms with Gasteiger partial charge in [0.05, 0.1) is 24.3 Å². The van der Waals surface area contributed by atoms with Crippen molar-refractivity contribution >= 4 is 23.3 Å². The zero-order valence-corrected chi connectivity index (χ0v) is 20.5. The third-order valence-corrected chi connectivity index (χ3v) is 5.74. The van der Waals surface area contributed by atoms with E-state index >= 15 is 0 Å². The Balaban J connectivity index is 1.60. The number of hydrogen-bond donors (Lipinski definition) is 3. The molecule has 8 nitrogen and oxygen atoms in total. The van der Waals surface area contributed by atoms with Gasteiger partial charge in [0.15, 0.2) is 11.5 Å². The van der Waals surface area contributed by atoms with Gasteiger partial charge in [-0.15, -0.1) is 0 Å². The maximum atomic E-state index is 13.4. The summed E-state index contributed by atoms with van der Waals surface area (Å²) >= 11 is 0. The quantitative estimate of drug-likeness (QED) is 0.254. The molecule has 0 fully saturated rings. The molecule has 1 amide bonds. The van der Waals surface area contributed by atoms with Crippen LogP contribution < -0.4 is 20.1 Å². The number of nitrogens with zero attached hydrogens (tertiary/aromatic N) is 1. The number of ether oxygens (including phenoxy) is 2. The lowest BCUT2D eigenvalue weighted by Crippen LogP contribution is -2.27. The molecule has 0 saturated heterocycles. The number of carbonyl (C=O) groups excluding carboxylic acids is 1. The maximum Gasteiger partial charge on any atom is 0.335 e. The minimum absolute atomic E-state index is 0.117. The van der Waals surface area contributed by atoms with Crippen LogP contribution in [0.4, 0.5) is 11.4 Å². The highest BCUT2D eigenvalue weighted by Crippen LogP contribution is 2.33. The highest BCUT2D eigenvalue weighted by molar-refractivity contribution is 5.98. The first-order valence-electron chi connectivity index (χ1n) is 11.7. The number of amides is 1. The second-order valence-corrected chi connectivity index (χ2v) is 8.32. The Labute approximate surface area is 220 Å². The van der Waals surface area contributed by atoms with Gasteiger partial charge in [-0.25, -0.2) is 4.79 Å². The minimum atomic E-state index is -1.05. The largest absolute Gasteiger partial charge is 0.493 e. The fourth-order valence-corrected chi connectivity index (χ4v) is 3.74. The molecule has 0 aliphatic heterocycles. The van der Waals surface area contributed by atoms with Crippen molar-refractivity contribution in [3.63, 3.8) is 0 Å². The van der Waals surface area contributed by atoms with Crippen molar-refractivity contribution in [1.29, 1.82) is 5.26 Å². The number of methoxy groups -OCH3 is 1. The smallest absolute Gasteiger partial charge is 0.335 e. The molecule has 4 aromatic carbocycles. The molecule has 8 heteroatoms. The molecule has 38 heavy (non-hydrogen) atoms. The number of carbonyl (C=O) groups is 2. The topological polar surface area (TPSA) is 121 Å². The van der Waals surface area contributed by atoms with E-state index in [1.165, 1.54) is 31.4 Å². The van der Waals surface area contributed by atoms with Gasteiger partial charge in [-0.3, -0.25) is 4.79 Å². The second kappa shape index (κ2) is 12.1. The molecule has 0 bridgehead atoms. The number of aromatic carboxylic acids is 1. The molecule has 1 atom stereocenters. The Morgan fingerprint density at radius 1 is 0.895 bits per heavy atom. The molecule has 0 aliphatic rings. The molecule has 0 radical (unpaired) electrons. The molecule has 0 spiro atoms. The van der Waals surface area contributed by atoms with Crippen molar-refractivity contribution in [2.24, 2.45) is 0 Å². The summed E-state index contributed by atoms with van der Waals surface area (Å²) < 4.78 is 11.5. The van der Waals surface area contributed by atoms with Crippen LogP contribution >= 0.6 is 0 Å². The SMILES string of the molecule is COc1cc(C(Nc2ccc(C#N)cc2)C(=O)Nc2ccc(C(=O)O)cc2)ccc1OCc1ccccc1. The van der Waals surface area contributed by atoms with Gasteiger partial charge >= 0.3 is 5.97 Å². The Kier molecular flexibility index (Phi) is 8.21. The fraction of sp³-hybridized carbons (Fsp3) is 0.100. The van der Waals surface area contributed by atoms with E-state index < -0.39 is 12.0 Å². The summed E-state index contributed by atoms with van der Waals surface area (Å²) in [5, 5.41) is 24.3. The molecule has 4 aromatic rings. The van der Waals surface area contributed by atoms with Crippen LogP contribution in [0.5, 0.6) is 11.5 Å². The van der Waals surface area contributed by atoms with Crippen LogP contribution in [0.2, 0.25) is 0 Å². The summed E-state index contributed by atoms with van der Waals surface area (Å²) in [6, 6.07) is 28.9. The van der Waals surface area contributed by atoms with Crippen molar-refractivity contribution in [1.82, 2.24) is 0 Å². The highest BCUT2D eigenvalue weighted by atomic mass is 16.5. The minimum Gasteiger partial charge on any atom is -0.493 e. The van der Waals surface area contributed by atoms with E-state index in [9.17, 15) is 9.59 Å². The van der Waals surface area contributed by atoms with E-state index in [1.807, 2.05) is 30.3 Å². The van der Waals surface area contributed by atoms with Crippen LogP contribution in [-0.2, 0) is 11.4 Å². The van der Waals surface area contributed by atoms with Gasteiger partial charge in [-0.2, -0.15) is 5.26 Å². The van der Waals surface area contributed by atoms with Crippen LogP contribution in [0.1, 0.15) is 33.1 Å². The third-order valence-electron chi connectivity index (χ3n) is 5.74. The van der Waals surface area contributed by atoms with Gasteiger partial charge in [0, 0.05) is 11.4 Å². The molecule has 0 heterocycles. The molecular weight excluding hydrogens is 482 g/mol. The number of nitrogens with one attached hydrogen (secondary N) is 2. The first-order chi connectivity index (χ1) is 18.5. The average Bonchev–Trinajstić information content (AvgIpc) is 2.96. The molecule has 1 unspecified atom stereocenters. The molecule has 0 saturated carbocycles. The number of carboxylic acid groups (broad SMARTS) is 1. The summed E-state index contributed by atoms with van der Waals surface area (Å²) in [5.74, 6) is -0.437. The molecule has 3 N–H and O–H groups in total. The fourth-order valence-electron chi connectivity index (χ4n) is 3.74. The number of hydrogen-bond acceptors (Lipinski definition) is 6. The summed E-state index contributed by atoms with van der Waals surface area (Å²) in [4.78, 5) is 24.6. The second-order valence-electron chi connectivity index (χ2n) is 8.32. The maximum absolute atomic E-state index is 13.4. The first kappa shape index (κ1) is 25.8. The van der Waals surface area contributed by atoms with Crippen LogP contribution in [-0.4, -0.2) is 24.1 Å². The predicted molar refractivity (Wildman–Crippen MR) is 143 cm³/mol. The first-order valence-corrected chi connectivity index (χ1v) is 11.7. The van der Waals surface area contributed by atoms with Crippen LogP contribution in [0, 0.1) is 11.3 Å². The van der Waals surface area contributed by atoms with Gasteiger partial charge in [-0.05, 0) is 71.8 Å². The van der Waals surface area contributed by atoms with Crippen molar-refractivity contribution < 1.29 is 24.2 Å². The summed E-state index contributed by atoms with van der Waals surface area (Å²) in [6.45, 7) is 0.357. The number of carboxylic acids is 1. The molecular formula is C30H25N3O5. The van der Waals surface area contributed by atoms with E-state index in [2.05, 4.69) is 16.7 Å². The normalized spacial score (nSPS) is 11.1. The number of benzene rings is 4. The van der Waals surface area contributed by atoms with E-state index in [-0.39, 0.29) is 11.5 Å². The Morgan fingerprint density at radius 3 is 2.21 bits per heavy atom. The monoisotopic (exact) mass is 507 g/mol. The van der Waals surface area contributed by atoms with Gasteiger partial charge in [0.25, 0.3) is 5.91 Å². The van der Waals surface area contributed by atoms with E-state index in [0.717, 1.165) is 5.56 Å². The average molecular weight is 508 g/mol. The predicted octanol–water partition coefficient (Wildman–Crippen LogP) is 5.64. The summed E-state index contributed by atoms with van der Waals surface area (Å²) in [6.07, 6.45) is 0. The summed E-state index contributed by atoms with van der Waals surface area (Å²) in [7, 11) is 1.53. The Hall–Kier alpha value is -5.29. The zero-order chi connectivity index (χ0) is 26.9. The Morgan fingerprint density at radius 2 is 1.58 bits per heavy atom. The van der Waals surface area contributed by atoms with E-state index in [1.54, 1.807) is 42.5 Å². The van der Waals surface area contributed by atoms with Gasteiger partial charge in [0.2, 0.25) is 0 Å². The molecule has 190 valence electrons. The van der Waals surface area contributed by atoms with Crippen molar-refractivity contribution in [2.45, 2.75) is 12.6 Å². The molecule has 0 aromatic heterocycles. The number of rotatable bonds is 10. The van der Waals surface area contributed by atoms with E-state index in [0.29, 0.717) is 40.6 Å². The van der Waals surface area contributed by atoms with E-state index in [4.69, 9.17) is 19.8 Å². The Bertz CT molecular complexity index is 1450. The van der Waals surface area contributed by atoms with Crippen LogP contribution in [0.15, 0.2) is 97.1 Å². The lowest BCUT2D eigenvalue weighted by atomic mass is 10.0. The highest BCUT2D eigenvalue weighted by Gasteiger charge is 2.23. The van der Waals surface area contributed by atoms with Crippen molar-refractivity contribution in [3.8, 4) is 17.6 Å². The van der Waals surface area contributed by atoms with Gasteiger partial charge in [-0.1, -0.05) is 36.4 Å². The number of anilines is 2. The van der Waals surface area contributed by atoms with Gasteiger partial charge in [0.1, 0.15) is 12.6 Å². The van der Waals surface area contributed by atoms with Crippen molar-refractivity contribution in [3.05, 3.63) is 119 Å². The summed E-state index contributed by atoms with van der Waals surface area (Å²) in [5.41, 5.74) is 3.31. The van der Waals surface area contributed by atoms with Crippen LogP contribution in [0.3, 0.4) is 0 Å². The molecule has 0 aliphatic carbocycles. The number of nitriles is 1. The third kappa shape index (κ3) is 6.47. The zero-order valence-electron chi connectivity index (χ0n) is 20.5. The van der Waals surface area contributed by atoms with Gasteiger partial charge < -0.3 is 25.2 Å². The standard InChI is InChI=1S/C30H25N3O5/c1-37-27-17-23(11-16-26(27)38-19-21-5-3-2-4-6-21)28(32-24-12-7-20(18-31)8-13-24)29(34)33-25-14-9-22(10-15-25)30(35)36/h2-17,28,32H,19H2,1H3,(H,33,34)(H,35,36). The van der Waals surface area contributed by atoms with Crippen LogP contribution in [0.25, 0.3) is 0 Å². The lowest BCUT2D eigenvalue weighted by molar-refractivity contribution is -0.117.